The molecule has 0 bridgehead atoms. The Morgan fingerprint density at radius 2 is 1.81 bits per heavy atom. The molecule has 0 fully saturated rings. The normalized spacial score (nSPS) is 12.0. The quantitative estimate of drug-likeness (QED) is 0.593. The molecular weight excluding hydrogens is 449 g/mol. The third-order valence-electron chi connectivity index (χ3n) is 3.58. The Hall–Kier alpha value is -1.78. The summed E-state index contributed by atoms with van der Waals surface area (Å²) in [6.07, 6.45) is -4.53. The second-order valence-electron chi connectivity index (χ2n) is 5.65. The zero-order chi connectivity index (χ0) is 20.1. The van der Waals surface area contributed by atoms with Crippen molar-refractivity contribution in [3.05, 3.63) is 53.0 Å². The first-order chi connectivity index (χ1) is 12.6. The number of nitrogens with zero attached hydrogens (tertiary/aromatic N) is 1. The monoisotopic (exact) mass is 466 g/mol. The van der Waals surface area contributed by atoms with Gasteiger partial charge in [-0.3, -0.25) is 0 Å². The molecule has 0 aromatic heterocycles. The fraction of sp³-hybridized carbons (Fsp3) is 0.294. The Morgan fingerprint density at radius 1 is 1.15 bits per heavy atom. The molecule has 27 heavy (non-hydrogen) atoms. The van der Waals surface area contributed by atoms with E-state index in [0.29, 0.717) is 13.0 Å². The van der Waals surface area contributed by atoms with Gasteiger partial charge in [0.1, 0.15) is 4.90 Å². The van der Waals surface area contributed by atoms with E-state index >= 15 is 0 Å². The third kappa shape index (κ3) is 6.71. The zero-order valence-electron chi connectivity index (χ0n) is 14.3. The molecule has 0 spiro atoms. The van der Waals surface area contributed by atoms with E-state index in [9.17, 15) is 21.6 Å². The number of sulfonamides is 1. The molecular formula is C17H18BrF3N2O3S. The largest absolute Gasteiger partial charge is 0.573 e. The van der Waals surface area contributed by atoms with Crippen LogP contribution >= 0.6 is 15.9 Å². The van der Waals surface area contributed by atoms with Crippen LogP contribution in [0, 0.1) is 0 Å². The van der Waals surface area contributed by atoms with Gasteiger partial charge in [0.05, 0.1) is 0 Å². The van der Waals surface area contributed by atoms with Crippen molar-refractivity contribution in [3.8, 4) is 5.75 Å². The summed E-state index contributed by atoms with van der Waals surface area (Å²) in [6.45, 7) is 0.639. The van der Waals surface area contributed by atoms with E-state index in [1.54, 1.807) is 0 Å². The smallest absolute Gasteiger partial charge is 0.404 e. The van der Waals surface area contributed by atoms with E-state index in [1.807, 2.05) is 42.3 Å². The molecule has 0 amide bonds. The summed E-state index contributed by atoms with van der Waals surface area (Å²) in [4.78, 5) is 1.38. The number of hydrogen-bond acceptors (Lipinski definition) is 4. The Labute approximate surface area is 164 Å². The number of halogens is 4. The fourth-order valence-electron chi connectivity index (χ4n) is 2.32. The number of rotatable bonds is 8. The Kier molecular flexibility index (Phi) is 7.12. The second kappa shape index (κ2) is 8.94. The number of nitrogens with one attached hydrogen (secondary N) is 1. The average molecular weight is 467 g/mol. The van der Waals surface area contributed by atoms with Crippen LogP contribution in [0.15, 0.2) is 57.9 Å². The highest BCUT2D eigenvalue weighted by Crippen LogP contribution is 2.32. The van der Waals surface area contributed by atoms with Crippen LogP contribution in [0.3, 0.4) is 0 Å². The maximum atomic E-state index is 12.5. The number of ether oxygens (including phenoxy) is 1. The minimum absolute atomic E-state index is 0.0705. The summed E-state index contributed by atoms with van der Waals surface area (Å²) < 4.78 is 68.8. The Morgan fingerprint density at radius 3 is 2.44 bits per heavy atom. The van der Waals surface area contributed by atoms with Gasteiger partial charge in [0, 0.05) is 30.3 Å². The molecule has 5 nitrogen and oxygen atoms in total. The summed E-state index contributed by atoms with van der Waals surface area (Å²) in [5.41, 5.74) is 0.981. The molecule has 1 N–H and O–H groups in total. The van der Waals surface area contributed by atoms with Crippen molar-refractivity contribution < 1.29 is 26.3 Å². The lowest BCUT2D eigenvalue weighted by Gasteiger charge is -2.19. The van der Waals surface area contributed by atoms with E-state index in [1.165, 1.54) is 6.07 Å². The van der Waals surface area contributed by atoms with Crippen LogP contribution in [0.25, 0.3) is 0 Å². The lowest BCUT2D eigenvalue weighted by Crippen LogP contribution is -2.29. The van der Waals surface area contributed by atoms with Crippen molar-refractivity contribution in [2.45, 2.75) is 17.7 Å². The van der Waals surface area contributed by atoms with Crippen molar-refractivity contribution in [1.82, 2.24) is 4.72 Å². The molecule has 0 radical (unpaired) electrons. The van der Waals surface area contributed by atoms with Gasteiger partial charge in [0.2, 0.25) is 10.0 Å². The number of benzene rings is 2. The van der Waals surface area contributed by atoms with Crippen LogP contribution in [0.4, 0.5) is 18.9 Å². The van der Waals surface area contributed by atoms with Gasteiger partial charge in [-0.05, 0) is 36.8 Å². The SMILES string of the molecule is CN(CCCNS(=O)(=O)c1ccc(Br)cc1OC(F)(F)F)c1ccccc1. The first-order valence-corrected chi connectivity index (χ1v) is 10.2. The summed E-state index contributed by atoms with van der Waals surface area (Å²) in [7, 11) is -2.29. The first kappa shape index (κ1) is 21.5. The molecule has 0 aliphatic heterocycles. The van der Waals surface area contributed by atoms with E-state index in [-0.39, 0.29) is 11.0 Å². The highest BCUT2D eigenvalue weighted by atomic mass is 79.9. The van der Waals surface area contributed by atoms with Crippen LogP contribution in [-0.4, -0.2) is 34.9 Å². The van der Waals surface area contributed by atoms with Crippen LogP contribution in [-0.2, 0) is 10.0 Å². The third-order valence-corrected chi connectivity index (χ3v) is 5.57. The number of alkyl halides is 3. The first-order valence-electron chi connectivity index (χ1n) is 7.90. The molecule has 2 aromatic carbocycles. The molecule has 0 unspecified atom stereocenters. The van der Waals surface area contributed by atoms with Crippen LogP contribution < -0.4 is 14.4 Å². The molecule has 148 valence electrons. The van der Waals surface area contributed by atoms with Crippen molar-refractivity contribution >= 4 is 31.6 Å². The van der Waals surface area contributed by atoms with Crippen molar-refractivity contribution in [2.75, 3.05) is 25.0 Å². The Bertz CT molecular complexity index is 861. The predicted octanol–water partition coefficient (Wildman–Crippen LogP) is 4.15. The highest BCUT2D eigenvalue weighted by Gasteiger charge is 2.34. The molecule has 2 aromatic rings. The van der Waals surface area contributed by atoms with E-state index in [4.69, 9.17) is 0 Å². The fourth-order valence-corrected chi connectivity index (χ4v) is 3.84. The number of para-hydroxylation sites is 1. The highest BCUT2D eigenvalue weighted by molar-refractivity contribution is 9.10. The van der Waals surface area contributed by atoms with Gasteiger partial charge in [-0.25, -0.2) is 13.1 Å². The summed E-state index contributed by atoms with van der Waals surface area (Å²) in [5.74, 6) is -0.786. The van der Waals surface area contributed by atoms with Gasteiger partial charge in [-0.2, -0.15) is 0 Å². The predicted molar refractivity (Wildman–Crippen MR) is 100 cm³/mol. The maximum Gasteiger partial charge on any atom is 0.573 e. The lowest BCUT2D eigenvalue weighted by molar-refractivity contribution is -0.275. The molecule has 0 heterocycles. The number of anilines is 1. The molecule has 0 atom stereocenters. The van der Waals surface area contributed by atoms with E-state index in [0.717, 1.165) is 17.8 Å². The zero-order valence-corrected chi connectivity index (χ0v) is 16.7. The van der Waals surface area contributed by atoms with Crippen molar-refractivity contribution in [3.63, 3.8) is 0 Å². The van der Waals surface area contributed by atoms with Crippen LogP contribution in [0.2, 0.25) is 0 Å². The van der Waals surface area contributed by atoms with Gasteiger partial charge in [-0.15, -0.1) is 13.2 Å². The van der Waals surface area contributed by atoms with E-state index < -0.39 is 27.0 Å². The van der Waals surface area contributed by atoms with E-state index in [2.05, 4.69) is 25.4 Å². The molecule has 0 saturated carbocycles. The standard InChI is InChI=1S/C17H18BrF3N2O3S/c1-23(14-6-3-2-4-7-14)11-5-10-22-27(24,25)16-9-8-13(18)12-15(16)26-17(19,20)21/h2-4,6-9,12,22H,5,10-11H2,1H3. The minimum Gasteiger partial charge on any atom is -0.404 e. The molecule has 0 aliphatic rings. The minimum atomic E-state index is -5.00. The van der Waals surface area contributed by atoms with Crippen molar-refractivity contribution in [1.29, 1.82) is 0 Å². The average Bonchev–Trinajstić information content (AvgIpc) is 2.57. The van der Waals surface area contributed by atoms with Crippen LogP contribution in [0.1, 0.15) is 6.42 Å². The Balaban J connectivity index is 2.00. The number of hydrogen-bond donors (Lipinski definition) is 1. The molecule has 10 heteroatoms. The van der Waals surface area contributed by atoms with Gasteiger partial charge >= 0.3 is 6.36 Å². The molecule has 2 rings (SSSR count). The molecule has 0 aliphatic carbocycles. The van der Waals surface area contributed by atoms with Gasteiger partial charge in [-0.1, -0.05) is 34.1 Å². The van der Waals surface area contributed by atoms with Gasteiger partial charge < -0.3 is 9.64 Å². The summed E-state index contributed by atoms with van der Waals surface area (Å²) in [5, 5.41) is 0. The second-order valence-corrected chi connectivity index (χ2v) is 8.30. The summed E-state index contributed by atoms with van der Waals surface area (Å²) >= 11 is 3.00. The lowest BCUT2D eigenvalue weighted by atomic mass is 10.3. The van der Waals surface area contributed by atoms with Gasteiger partial charge in [0.25, 0.3) is 0 Å². The van der Waals surface area contributed by atoms with Crippen molar-refractivity contribution in [2.24, 2.45) is 0 Å². The van der Waals surface area contributed by atoms with Gasteiger partial charge in [0.15, 0.2) is 5.75 Å². The summed E-state index contributed by atoms with van der Waals surface area (Å²) in [6, 6.07) is 12.9. The maximum absolute atomic E-state index is 12.5. The van der Waals surface area contributed by atoms with Crippen LogP contribution in [0.5, 0.6) is 5.75 Å². The topological polar surface area (TPSA) is 58.6 Å². The molecule has 0 saturated heterocycles.